The summed E-state index contributed by atoms with van der Waals surface area (Å²) in [6.45, 7) is 12.8. The van der Waals surface area contributed by atoms with Crippen LogP contribution in [0.2, 0.25) is 0 Å². The highest BCUT2D eigenvalue weighted by Crippen LogP contribution is 2.42. The van der Waals surface area contributed by atoms with E-state index in [9.17, 15) is 28.4 Å². The normalized spacial score (nSPS) is 18.9. The van der Waals surface area contributed by atoms with Gasteiger partial charge in [-0.2, -0.15) is 5.10 Å². The topological polar surface area (TPSA) is 218 Å². The molecule has 3 aliphatic rings. The van der Waals surface area contributed by atoms with Gasteiger partial charge in [0.25, 0.3) is 5.91 Å². The number of pyridine rings is 1. The number of likely N-dealkylation sites (tertiary alicyclic amines) is 1. The molecule has 2 aromatic heterocycles. The SMILES string of the molecule is CC[C@H](NC(=O)[C@H]1C[C@@H](NCCOCCOCCC(=O)CCCn2cc3c(n2)CN(C)C(=O)c2ccc(F)cc2[C@H]2CCCN2c2cc-3cnc2N)CN1C(=O)[C@H](NC(=O)[C@@H](C)NC)C(C)(C)C)c1ccccc1. The monoisotopic (exact) mass is 1020 g/mol. The van der Waals surface area contributed by atoms with E-state index in [4.69, 9.17) is 20.3 Å². The maximum atomic E-state index is 14.7. The van der Waals surface area contributed by atoms with Crippen molar-refractivity contribution in [3.63, 3.8) is 0 Å². The number of ether oxygens (including phenoxy) is 2. The average molecular weight is 1020 g/mol. The fourth-order valence-corrected chi connectivity index (χ4v) is 10.1. The van der Waals surface area contributed by atoms with Crippen molar-refractivity contribution < 1.29 is 37.8 Å². The van der Waals surface area contributed by atoms with Crippen molar-refractivity contribution in [2.24, 2.45) is 5.41 Å². The lowest BCUT2D eigenvalue weighted by atomic mass is 9.85. The molecule has 18 nitrogen and oxygen atoms in total. The number of ketones is 1. The number of carbonyl (C=O) groups is 5. The molecular weight excluding hydrogens is 946 g/mol. The molecule has 2 aromatic carbocycles. The van der Waals surface area contributed by atoms with Crippen LogP contribution in [0, 0.1) is 11.2 Å². The Kier molecular flexibility index (Phi) is 19.0. The number of anilines is 2. The molecule has 0 radical (unpaired) electrons. The predicted molar refractivity (Wildman–Crippen MR) is 281 cm³/mol. The van der Waals surface area contributed by atoms with Crippen molar-refractivity contribution >= 4 is 40.9 Å². The van der Waals surface area contributed by atoms with Gasteiger partial charge in [0.2, 0.25) is 17.7 Å². The smallest absolute Gasteiger partial charge is 0.254 e. The lowest BCUT2D eigenvalue weighted by Crippen LogP contribution is -2.59. The minimum atomic E-state index is -0.859. The molecule has 6 atom stereocenters. The van der Waals surface area contributed by atoms with Gasteiger partial charge in [0.1, 0.15) is 29.5 Å². The van der Waals surface area contributed by atoms with Gasteiger partial charge in [-0.15, -0.1) is 0 Å². The summed E-state index contributed by atoms with van der Waals surface area (Å²) in [5, 5.41) is 17.4. The molecule has 74 heavy (non-hydrogen) atoms. The molecule has 6 N–H and O–H groups in total. The highest BCUT2D eigenvalue weighted by molar-refractivity contribution is 5.96. The van der Waals surface area contributed by atoms with Gasteiger partial charge >= 0.3 is 0 Å². The molecule has 5 heterocycles. The molecule has 4 aromatic rings. The summed E-state index contributed by atoms with van der Waals surface area (Å²) < 4.78 is 28.1. The number of rotatable bonds is 22. The van der Waals surface area contributed by atoms with E-state index in [2.05, 4.69) is 31.2 Å². The molecule has 0 unspecified atom stereocenters. The summed E-state index contributed by atoms with van der Waals surface area (Å²) >= 11 is 0. The van der Waals surface area contributed by atoms with Crippen molar-refractivity contribution in [3.05, 3.63) is 95.2 Å². The Morgan fingerprint density at radius 2 is 1.73 bits per heavy atom. The van der Waals surface area contributed by atoms with Crippen LogP contribution in [-0.4, -0.2) is 138 Å². The number of fused-ring (bicyclic) bond motifs is 8. The third kappa shape index (κ3) is 13.7. The number of aryl methyl sites for hydroxylation is 1. The van der Waals surface area contributed by atoms with Crippen LogP contribution in [0.1, 0.15) is 119 Å². The molecule has 0 spiro atoms. The molecule has 4 amide bonds. The number of likely N-dealkylation sites (N-methyl/N-ethyl adjacent to an activating group) is 1. The molecule has 19 heteroatoms. The van der Waals surface area contributed by atoms with E-state index >= 15 is 0 Å². The number of nitrogens with one attached hydrogen (secondary N) is 4. The van der Waals surface area contributed by atoms with Crippen LogP contribution in [0.4, 0.5) is 15.9 Å². The van der Waals surface area contributed by atoms with E-state index in [0.717, 1.165) is 35.2 Å². The summed E-state index contributed by atoms with van der Waals surface area (Å²) in [5.41, 5.74) is 10.9. The number of hydrogen-bond donors (Lipinski definition) is 5. The minimum absolute atomic E-state index is 0.0687. The zero-order valence-electron chi connectivity index (χ0n) is 44.1. The van der Waals surface area contributed by atoms with Crippen LogP contribution >= 0.6 is 0 Å². The lowest BCUT2D eigenvalue weighted by molar-refractivity contribution is -0.144. The molecule has 0 aliphatic carbocycles. The summed E-state index contributed by atoms with van der Waals surface area (Å²) in [7, 11) is 3.41. The van der Waals surface area contributed by atoms with E-state index in [1.807, 2.05) is 70.3 Å². The van der Waals surface area contributed by atoms with Crippen LogP contribution in [0.5, 0.6) is 0 Å². The van der Waals surface area contributed by atoms with Gasteiger partial charge in [0, 0.05) is 81.2 Å². The Hall–Kier alpha value is -6.28. The first-order valence-corrected chi connectivity index (χ1v) is 26.1. The minimum Gasteiger partial charge on any atom is -0.382 e. The van der Waals surface area contributed by atoms with Gasteiger partial charge in [-0.25, -0.2) is 9.37 Å². The summed E-state index contributed by atoms with van der Waals surface area (Å²) in [6, 6.07) is 13.3. The van der Waals surface area contributed by atoms with Crippen LogP contribution < -0.4 is 31.9 Å². The molecule has 3 aliphatic heterocycles. The molecule has 2 fully saturated rings. The lowest BCUT2D eigenvalue weighted by Gasteiger charge is -2.36. The number of amides is 4. The van der Waals surface area contributed by atoms with Gasteiger partial charge in [0.15, 0.2) is 0 Å². The summed E-state index contributed by atoms with van der Waals surface area (Å²) in [5.74, 6) is -1.04. The number of nitrogen functional groups attached to an aromatic ring is 1. The van der Waals surface area contributed by atoms with Gasteiger partial charge < -0.3 is 51.2 Å². The van der Waals surface area contributed by atoms with Crippen LogP contribution in [0.3, 0.4) is 0 Å². The number of Topliss-reactive ketones (excluding diaryl/α,β-unsaturated/α-hetero) is 1. The average Bonchev–Trinajstić information content (AvgIpc) is 4.15. The first-order chi connectivity index (χ1) is 35.5. The Balaban J connectivity index is 0.859. The van der Waals surface area contributed by atoms with E-state index in [1.54, 1.807) is 47.8 Å². The first-order valence-electron chi connectivity index (χ1n) is 26.1. The maximum absolute atomic E-state index is 14.7. The Morgan fingerprint density at radius 1 is 0.973 bits per heavy atom. The second-order valence-corrected chi connectivity index (χ2v) is 20.8. The van der Waals surface area contributed by atoms with Crippen molar-refractivity contribution in [3.8, 4) is 11.1 Å². The van der Waals surface area contributed by atoms with Crippen molar-refractivity contribution in [2.75, 3.05) is 70.8 Å². The standard InChI is InChI=1S/C55H76FN11O7/c1-8-44(36-14-10-9-11-15-36)61-52(70)48-30-39(32-67(48)54(72)49(55(3,4)5)62-51(69)35(2)58-6)59-21-25-74-27-26-73-24-20-40(68)16-12-22-65-33-43-37-28-47(50(57)60-31-37)66-23-13-17-46(66)42-29-38(56)18-19-41(42)53(71)64(7)34-45(43)63-65/h9-11,14-15,18-19,28-29,31,33,35,39,44,46,48-49,58-59H,8,12-13,16-17,20-27,30,32,34H2,1-7H3,(H2,57,60)(H,61,70)(H,62,69)/t35-,39-,44+,46-,48-,49+/m1/s1. The van der Waals surface area contributed by atoms with Crippen molar-refractivity contribution in [1.82, 2.24) is 45.8 Å². The number of hydrogen-bond acceptors (Lipinski definition) is 13. The summed E-state index contributed by atoms with van der Waals surface area (Å²) in [4.78, 5) is 78.2. The van der Waals surface area contributed by atoms with Crippen LogP contribution in [0.15, 0.2) is 67.0 Å². The molecule has 7 rings (SSSR count). The number of halogens is 1. The number of benzene rings is 2. The van der Waals surface area contributed by atoms with Gasteiger partial charge in [-0.1, -0.05) is 58.0 Å². The number of aromatic nitrogens is 3. The first kappa shape index (κ1) is 55.5. The number of nitrogens with zero attached hydrogens (tertiary/aromatic N) is 6. The predicted octanol–water partition coefficient (Wildman–Crippen LogP) is 5.33. The number of carbonyl (C=O) groups excluding carboxylic acids is 5. The summed E-state index contributed by atoms with van der Waals surface area (Å²) in [6.07, 6.45) is 7.46. The Bertz CT molecular complexity index is 2590. The highest BCUT2D eigenvalue weighted by atomic mass is 19.1. The maximum Gasteiger partial charge on any atom is 0.254 e. The third-order valence-electron chi connectivity index (χ3n) is 14.4. The molecule has 2 saturated heterocycles. The van der Waals surface area contributed by atoms with Crippen molar-refractivity contribution in [2.45, 2.75) is 129 Å². The second-order valence-electron chi connectivity index (χ2n) is 20.8. The molecule has 0 saturated carbocycles. The fraction of sp³-hybridized carbons (Fsp3) is 0.545. The Morgan fingerprint density at radius 3 is 2.46 bits per heavy atom. The zero-order chi connectivity index (χ0) is 53.1. The third-order valence-corrected chi connectivity index (χ3v) is 14.4. The van der Waals surface area contributed by atoms with Gasteiger partial charge in [0.05, 0.1) is 62.5 Å². The van der Waals surface area contributed by atoms with Crippen LogP contribution in [0.25, 0.3) is 11.1 Å². The van der Waals surface area contributed by atoms with E-state index in [-0.39, 0.29) is 73.7 Å². The van der Waals surface area contributed by atoms with Gasteiger partial charge in [-0.3, -0.25) is 28.7 Å². The zero-order valence-corrected chi connectivity index (χ0v) is 44.1. The second kappa shape index (κ2) is 25.3. The Labute approximate surface area is 434 Å². The van der Waals surface area contributed by atoms with Crippen molar-refractivity contribution in [1.29, 1.82) is 0 Å². The largest absolute Gasteiger partial charge is 0.382 e. The van der Waals surface area contributed by atoms with E-state index in [1.165, 1.54) is 12.1 Å². The number of nitrogens with two attached hydrogens (primary N) is 1. The van der Waals surface area contributed by atoms with E-state index in [0.29, 0.717) is 87.8 Å². The highest BCUT2D eigenvalue weighted by Gasteiger charge is 2.45. The molecular formula is C55H76FN11O7. The molecule has 400 valence electrons. The van der Waals surface area contributed by atoms with Gasteiger partial charge in [-0.05, 0) is 86.9 Å². The van der Waals surface area contributed by atoms with Crippen LogP contribution in [-0.2, 0) is 41.7 Å². The quantitative estimate of drug-likeness (QED) is 0.0630. The molecule has 2 bridgehead atoms. The van der Waals surface area contributed by atoms with E-state index < -0.39 is 29.4 Å². The fourth-order valence-electron chi connectivity index (χ4n) is 10.1.